The number of hydrogen-bond donors (Lipinski definition) is 1. The Morgan fingerprint density at radius 3 is 2.29 bits per heavy atom. The van der Waals surface area contributed by atoms with Crippen molar-refractivity contribution in [3.05, 3.63) is 22.3 Å². The van der Waals surface area contributed by atoms with E-state index in [0.29, 0.717) is 0 Å². The Balaban J connectivity index is 2.74. The average molecular weight is 299 g/mol. The fraction of sp³-hybridized carbons (Fsp3) is 0.643. The summed E-state index contributed by atoms with van der Waals surface area (Å²) in [5, 5.41) is 3.46. The lowest BCUT2D eigenvalue weighted by atomic mass is 9.69. The molecule has 1 rings (SSSR count). The van der Waals surface area contributed by atoms with Gasteiger partial charge in [0.05, 0.1) is 0 Å². The SMILES string of the molecule is Cc1cc(Br)cnc1NCC(C)(C)C(C)(C)C. The highest BCUT2D eigenvalue weighted by Gasteiger charge is 2.32. The van der Waals surface area contributed by atoms with E-state index in [1.54, 1.807) is 0 Å². The van der Waals surface area contributed by atoms with Gasteiger partial charge in [-0.05, 0) is 45.3 Å². The van der Waals surface area contributed by atoms with Gasteiger partial charge in [-0.3, -0.25) is 0 Å². The van der Waals surface area contributed by atoms with E-state index in [4.69, 9.17) is 0 Å². The van der Waals surface area contributed by atoms with Crippen molar-refractivity contribution in [2.45, 2.75) is 41.5 Å². The summed E-state index contributed by atoms with van der Waals surface area (Å²) in [6.45, 7) is 14.4. The maximum atomic E-state index is 4.40. The van der Waals surface area contributed by atoms with Crippen LogP contribution in [0.25, 0.3) is 0 Å². The maximum absolute atomic E-state index is 4.40. The van der Waals surface area contributed by atoms with Crippen molar-refractivity contribution in [1.82, 2.24) is 4.98 Å². The van der Waals surface area contributed by atoms with Crippen LogP contribution < -0.4 is 5.32 Å². The van der Waals surface area contributed by atoms with Crippen molar-refractivity contribution in [3.8, 4) is 0 Å². The van der Waals surface area contributed by atoms with Gasteiger partial charge in [0.1, 0.15) is 5.82 Å². The third-order valence-corrected chi connectivity index (χ3v) is 4.21. The highest BCUT2D eigenvalue weighted by molar-refractivity contribution is 9.10. The fourth-order valence-corrected chi connectivity index (χ4v) is 1.74. The molecule has 96 valence electrons. The first-order valence-corrected chi connectivity index (χ1v) is 6.79. The van der Waals surface area contributed by atoms with Crippen molar-refractivity contribution in [3.63, 3.8) is 0 Å². The second-order valence-electron chi connectivity index (χ2n) is 6.31. The molecule has 0 amide bonds. The van der Waals surface area contributed by atoms with E-state index in [1.165, 1.54) is 5.56 Å². The molecule has 0 aliphatic rings. The van der Waals surface area contributed by atoms with Crippen LogP contribution in [0.3, 0.4) is 0 Å². The van der Waals surface area contributed by atoms with Crippen molar-refractivity contribution in [2.75, 3.05) is 11.9 Å². The highest BCUT2D eigenvalue weighted by Crippen LogP contribution is 2.37. The number of aryl methyl sites for hydroxylation is 1. The smallest absolute Gasteiger partial charge is 0.128 e. The topological polar surface area (TPSA) is 24.9 Å². The van der Waals surface area contributed by atoms with E-state index >= 15 is 0 Å². The van der Waals surface area contributed by atoms with E-state index < -0.39 is 0 Å². The largest absolute Gasteiger partial charge is 0.369 e. The highest BCUT2D eigenvalue weighted by atomic mass is 79.9. The van der Waals surface area contributed by atoms with Crippen LogP contribution in [-0.2, 0) is 0 Å². The van der Waals surface area contributed by atoms with E-state index in [-0.39, 0.29) is 10.8 Å². The van der Waals surface area contributed by atoms with E-state index in [0.717, 1.165) is 16.8 Å². The molecule has 0 saturated heterocycles. The van der Waals surface area contributed by atoms with Crippen LogP contribution in [0.15, 0.2) is 16.7 Å². The van der Waals surface area contributed by atoms with Gasteiger partial charge in [0, 0.05) is 17.2 Å². The normalized spacial score (nSPS) is 12.6. The molecule has 1 heterocycles. The first-order valence-electron chi connectivity index (χ1n) is 5.99. The molecule has 0 aromatic carbocycles. The molecule has 1 aromatic heterocycles. The van der Waals surface area contributed by atoms with Crippen LogP contribution in [-0.4, -0.2) is 11.5 Å². The van der Waals surface area contributed by atoms with Gasteiger partial charge in [-0.1, -0.05) is 34.6 Å². The molecular weight excluding hydrogens is 276 g/mol. The van der Waals surface area contributed by atoms with Gasteiger partial charge >= 0.3 is 0 Å². The minimum absolute atomic E-state index is 0.216. The molecule has 1 N–H and O–H groups in total. The van der Waals surface area contributed by atoms with Crippen LogP contribution in [0.1, 0.15) is 40.2 Å². The molecule has 0 fully saturated rings. The van der Waals surface area contributed by atoms with Crippen molar-refractivity contribution >= 4 is 21.7 Å². The van der Waals surface area contributed by atoms with Crippen LogP contribution in [0.2, 0.25) is 0 Å². The Kier molecular flexibility index (Phi) is 4.23. The summed E-state index contributed by atoms with van der Waals surface area (Å²) in [5.41, 5.74) is 1.65. The second kappa shape index (κ2) is 4.97. The van der Waals surface area contributed by atoms with Crippen molar-refractivity contribution in [2.24, 2.45) is 10.8 Å². The number of nitrogens with one attached hydrogen (secondary N) is 1. The molecule has 3 heteroatoms. The summed E-state index contributed by atoms with van der Waals surface area (Å²) in [6, 6.07) is 2.08. The van der Waals surface area contributed by atoms with E-state index in [9.17, 15) is 0 Å². The van der Waals surface area contributed by atoms with Crippen LogP contribution in [0, 0.1) is 17.8 Å². The molecule has 0 unspecified atom stereocenters. The van der Waals surface area contributed by atoms with E-state index in [2.05, 4.69) is 73.8 Å². The van der Waals surface area contributed by atoms with Gasteiger partial charge in [0.2, 0.25) is 0 Å². The van der Waals surface area contributed by atoms with Crippen LogP contribution >= 0.6 is 15.9 Å². The number of nitrogens with zero attached hydrogens (tertiary/aromatic N) is 1. The Morgan fingerprint density at radius 1 is 1.24 bits per heavy atom. The Morgan fingerprint density at radius 2 is 1.82 bits per heavy atom. The lowest BCUT2D eigenvalue weighted by Gasteiger charge is -2.39. The molecule has 0 aliphatic carbocycles. The van der Waals surface area contributed by atoms with Crippen LogP contribution in [0.4, 0.5) is 5.82 Å². The molecule has 1 aromatic rings. The summed E-state index contributed by atoms with van der Waals surface area (Å²) in [7, 11) is 0. The third kappa shape index (κ3) is 3.70. The lowest BCUT2D eigenvalue weighted by Crippen LogP contribution is -2.36. The molecule has 17 heavy (non-hydrogen) atoms. The predicted molar refractivity (Wildman–Crippen MR) is 78.4 cm³/mol. The van der Waals surface area contributed by atoms with Gasteiger partial charge in [-0.25, -0.2) is 4.98 Å². The third-order valence-electron chi connectivity index (χ3n) is 3.77. The minimum Gasteiger partial charge on any atom is -0.369 e. The molecule has 2 nitrogen and oxygen atoms in total. The zero-order valence-corrected chi connectivity index (χ0v) is 13.3. The van der Waals surface area contributed by atoms with Crippen molar-refractivity contribution < 1.29 is 0 Å². The number of aromatic nitrogens is 1. The van der Waals surface area contributed by atoms with Gasteiger partial charge < -0.3 is 5.32 Å². The molecule has 0 spiro atoms. The lowest BCUT2D eigenvalue weighted by molar-refractivity contribution is 0.148. The maximum Gasteiger partial charge on any atom is 0.128 e. The number of pyridine rings is 1. The first kappa shape index (κ1) is 14.5. The predicted octanol–water partition coefficient (Wildman–Crippen LogP) is 4.64. The van der Waals surface area contributed by atoms with E-state index in [1.807, 2.05) is 6.20 Å². The zero-order valence-electron chi connectivity index (χ0n) is 11.7. The average Bonchev–Trinajstić information content (AvgIpc) is 2.14. The van der Waals surface area contributed by atoms with Gasteiger partial charge in [0.15, 0.2) is 0 Å². The summed E-state index contributed by atoms with van der Waals surface area (Å²) in [6.07, 6.45) is 1.83. The molecule has 0 atom stereocenters. The molecule has 0 aliphatic heterocycles. The van der Waals surface area contributed by atoms with Crippen molar-refractivity contribution in [1.29, 1.82) is 0 Å². The fourth-order valence-electron chi connectivity index (χ4n) is 1.30. The Bertz CT molecular complexity index is 392. The molecular formula is C14H23BrN2. The first-order chi connectivity index (χ1) is 7.63. The molecule has 0 radical (unpaired) electrons. The van der Waals surface area contributed by atoms with Crippen LogP contribution in [0.5, 0.6) is 0 Å². The molecule has 0 bridgehead atoms. The monoisotopic (exact) mass is 298 g/mol. The standard InChI is InChI=1S/C14H23BrN2/c1-10-7-11(15)8-16-12(10)17-9-14(5,6)13(2,3)4/h7-8H,9H2,1-6H3,(H,16,17). The summed E-state index contributed by atoms with van der Waals surface area (Å²) >= 11 is 3.43. The number of halogens is 1. The van der Waals surface area contributed by atoms with Gasteiger partial charge in [-0.15, -0.1) is 0 Å². The Hall–Kier alpha value is -0.570. The summed E-state index contributed by atoms with van der Waals surface area (Å²) in [5.74, 6) is 0.977. The van der Waals surface area contributed by atoms with Gasteiger partial charge in [0.25, 0.3) is 0 Å². The second-order valence-corrected chi connectivity index (χ2v) is 7.22. The zero-order chi connectivity index (χ0) is 13.3. The summed E-state index contributed by atoms with van der Waals surface area (Å²) < 4.78 is 1.02. The number of anilines is 1. The number of rotatable bonds is 3. The molecule has 0 saturated carbocycles. The van der Waals surface area contributed by atoms with Gasteiger partial charge in [-0.2, -0.15) is 0 Å². The number of hydrogen-bond acceptors (Lipinski definition) is 2. The summed E-state index contributed by atoms with van der Waals surface area (Å²) in [4.78, 5) is 4.40. The quantitative estimate of drug-likeness (QED) is 0.879. The Labute approximate surface area is 113 Å². The minimum atomic E-state index is 0.216.